The Kier molecular flexibility index (Phi) is 2.86. The number of hydrogen-bond donors (Lipinski definition) is 2. The zero-order chi connectivity index (χ0) is 11.7. The summed E-state index contributed by atoms with van der Waals surface area (Å²) in [6, 6.07) is 5.95. The number of carboxylic acids is 1. The number of anilines is 1. The SMILES string of the molecule is CC(C)c1cccc2c1NCCC2C(=O)O. The van der Waals surface area contributed by atoms with Crippen molar-refractivity contribution in [3.05, 3.63) is 29.3 Å². The van der Waals surface area contributed by atoms with Crippen molar-refractivity contribution >= 4 is 11.7 Å². The molecule has 0 aromatic heterocycles. The minimum Gasteiger partial charge on any atom is -0.481 e. The van der Waals surface area contributed by atoms with E-state index in [4.69, 9.17) is 0 Å². The summed E-state index contributed by atoms with van der Waals surface area (Å²) in [6.45, 7) is 5.00. The first kappa shape index (κ1) is 11.0. The van der Waals surface area contributed by atoms with Gasteiger partial charge >= 0.3 is 5.97 Å². The van der Waals surface area contributed by atoms with Crippen molar-refractivity contribution < 1.29 is 9.90 Å². The Morgan fingerprint density at radius 2 is 2.25 bits per heavy atom. The molecule has 2 N–H and O–H groups in total. The van der Waals surface area contributed by atoms with Crippen LogP contribution < -0.4 is 5.32 Å². The van der Waals surface area contributed by atoms with Crippen molar-refractivity contribution in [1.82, 2.24) is 0 Å². The standard InChI is InChI=1S/C13H17NO2/c1-8(2)9-4-3-5-10-11(13(15)16)6-7-14-12(9)10/h3-5,8,11,14H,6-7H2,1-2H3,(H,15,16). The number of nitrogens with one attached hydrogen (secondary N) is 1. The molecule has 0 radical (unpaired) electrons. The van der Waals surface area contributed by atoms with E-state index in [1.54, 1.807) is 0 Å². The third kappa shape index (κ3) is 1.77. The van der Waals surface area contributed by atoms with Crippen LogP contribution >= 0.6 is 0 Å². The number of para-hydroxylation sites is 1. The van der Waals surface area contributed by atoms with Crippen LogP contribution in [0.1, 0.15) is 43.2 Å². The van der Waals surface area contributed by atoms with Crippen molar-refractivity contribution in [1.29, 1.82) is 0 Å². The van der Waals surface area contributed by atoms with Crippen molar-refractivity contribution in [2.24, 2.45) is 0 Å². The highest BCUT2D eigenvalue weighted by atomic mass is 16.4. The molecule has 0 amide bonds. The lowest BCUT2D eigenvalue weighted by atomic mass is 9.86. The van der Waals surface area contributed by atoms with Crippen LogP contribution in [-0.2, 0) is 4.79 Å². The van der Waals surface area contributed by atoms with Gasteiger partial charge in [0.25, 0.3) is 0 Å². The zero-order valence-electron chi connectivity index (χ0n) is 9.66. The Hall–Kier alpha value is -1.51. The van der Waals surface area contributed by atoms with Crippen LogP contribution in [-0.4, -0.2) is 17.6 Å². The van der Waals surface area contributed by atoms with E-state index in [-0.39, 0.29) is 5.92 Å². The average Bonchev–Trinajstić information content (AvgIpc) is 2.27. The summed E-state index contributed by atoms with van der Waals surface area (Å²) in [6.07, 6.45) is 0.671. The van der Waals surface area contributed by atoms with E-state index in [2.05, 4.69) is 25.2 Å². The van der Waals surface area contributed by atoms with Crippen molar-refractivity contribution in [2.75, 3.05) is 11.9 Å². The maximum Gasteiger partial charge on any atom is 0.311 e. The van der Waals surface area contributed by atoms with E-state index in [9.17, 15) is 9.90 Å². The molecular weight excluding hydrogens is 202 g/mol. The van der Waals surface area contributed by atoms with Gasteiger partial charge in [0, 0.05) is 12.2 Å². The van der Waals surface area contributed by atoms with Gasteiger partial charge in [0.1, 0.15) is 0 Å². The first-order valence-corrected chi connectivity index (χ1v) is 5.70. The summed E-state index contributed by atoms with van der Waals surface area (Å²) in [7, 11) is 0. The number of aliphatic carboxylic acids is 1. The molecular formula is C13H17NO2. The Morgan fingerprint density at radius 1 is 1.50 bits per heavy atom. The summed E-state index contributed by atoms with van der Waals surface area (Å²) >= 11 is 0. The Balaban J connectivity index is 2.50. The Morgan fingerprint density at radius 3 is 2.88 bits per heavy atom. The average molecular weight is 219 g/mol. The molecule has 1 aromatic rings. The molecule has 3 nitrogen and oxygen atoms in total. The number of benzene rings is 1. The van der Waals surface area contributed by atoms with E-state index in [1.807, 2.05) is 12.1 Å². The Labute approximate surface area is 95.5 Å². The van der Waals surface area contributed by atoms with Crippen LogP contribution in [0.3, 0.4) is 0 Å². The van der Waals surface area contributed by atoms with Gasteiger partial charge in [0.15, 0.2) is 0 Å². The molecule has 0 aliphatic carbocycles. The predicted octanol–water partition coefficient (Wildman–Crippen LogP) is 2.79. The first-order chi connectivity index (χ1) is 7.61. The topological polar surface area (TPSA) is 49.3 Å². The molecule has 0 spiro atoms. The number of carboxylic acid groups (broad SMARTS) is 1. The van der Waals surface area contributed by atoms with Crippen LogP contribution in [0.2, 0.25) is 0 Å². The molecule has 86 valence electrons. The second kappa shape index (κ2) is 4.16. The molecule has 1 atom stereocenters. The second-order valence-electron chi connectivity index (χ2n) is 4.57. The van der Waals surface area contributed by atoms with Crippen molar-refractivity contribution in [3.63, 3.8) is 0 Å². The summed E-state index contributed by atoms with van der Waals surface area (Å²) < 4.78 is 0. The van der Waals surface area contributed by atoms with Gasteiger partial charge in [-0.15, -0.1) is 0 Å². The van der Waals surface area contributed by atoms with Crippen LogP contribution in [0.4, 0.5) is 5.69 Å². The highest BCUT2D eigenvalue weighted by Gasteiger charge is 2.27. The fourth-order valence-electron chi connectivity index (χ4n) is 2.32. The first-order valence-electron chi connectivity index (χ1n) is 5.70. The van der Waals surface area contributed by atoms with E-state index in [0.717, 1.165) is 17.8 Å². The molecule has 3 heteroatoms. The summed E-state index contributed by atoms with van der Waals surface area (Å²) in [4.78, 5) is 11.2. The third-order valence-electron chi connectivity index (χ3n) is 3.16. The van der Waals surface area contributed by atoms with E-state index in [0.29, 0.717) is 12.3 Å². The molecule has 0 saturated carbocycles. The number of carbonyl (C=O) groups is 1. The fourth-order valence-corrected chi connectivity index (χ4v) is 2.32. The van der Waals surface area contributed by atoms with E-state index in [1.165, 1.54) is 5.56 Å². The third-order valence-corrected chi connectivity index (χ3v) is 3.16. The van der Waals surface area contributed by atoms with Crippen LogP contribution in [0, 0.1) is 0 Å². The van der Waals surface area contributed by atoms with E-state index < -0.39 is 5.97 Å². The molecule has 0 fully saturated rings. The molecule has 0 saturated heterocycles. The van der Waals surface area contributed by atoms with Gasteiger partial charge in [-0.3, -0.25) is 4.79 Å². The van der Waals surface area contributed by atoms with Crippen molar-refractivity contribution in [2.45, 2.75) is 32.1 Å². The molecule has 2 rings (SSSR count). The lowest BCUT2D eigenvalue weighted by Gasteiger charge is -2.27. The normalized spacial score (nSPS) is 19.1. The molecule has 1 unspecified atom stereocenters. The fraction of sp³-hybridized carbons (Fsp3) is 0.462. The lowest BCUT2D eigenvalue weighted by molar-refractivity contribution is -0.138. The second-order valence-corrected chi connectivity index (χ2v) is 4.57. The number of hydrogen-bond acceptors (Lipinski definition) is 2. The maximum atomic E-state index is 11.2. The molecule has 16 heavy (non-hydrogen) atoms. The predicted molar refractivity (Wildman–Crippen MR) is 64.0 cm³/mol. The van der Waals surface area contributed by atoms with Gasteiger partial charge in [0.2, 0.25) is 0 Å². The van der Waals surface area contributed by atoms with Crippen LogP contribution in [0.5, 0.6) is 0 Å². The quantitative estimate of drug-likeness (QED) is 0.804. The minimum absolute atomic E-state index is 0.352. The van der Waals surface area contributed by atoms with Gasteiger partial charge in [0.05, 0.1) is 5.92 Å². The Bertz CT molecular complexity index is 412. The molecule has 1 aliphatic heterocycles. The maximum absolute atomic E-state index is 11.2. The van der Waals surface area contributed by atoms with Gasteiger partial charge in [-0.1, -0.05) is 32.0 Å². The highest BCUT2D eigenvalue weighted by molar-refractivity contribution is 5.81. The van der Waals surface area contributed by atoms with Gasteiger partial charge in [-0.05, 0) is 23.5 Å². The zero-order valence-corrected chi connectivity index (χ0v) is 9.66. The monoisotopic (exact) mass is 219 g/mol. The van der Waals surface area contributed by atoms with E-state index >= 15 is 0 Å². The number of rotatable bonds is 2. The van der Waals surface area contributed by atoms with Crippen LogP contribution in [0.25, 0.3) is 0 Å². The summed E-state index contributed by atoms with van der Waals surface area (Å²) in [5, 5.41) is 12.5. The summed E-state index contributed by atoms with van der Waals surface area (Å²) in [5.74, 6) is -0.659. The lowest BCUT2D eigenvalue weighted by Crippen LogP contribution is -2.23. The minimum atomic E-state index is -0.719. The highest BCUT2D eigenvalue weighted by Crippen LogP contribution is 2.36. The smallest absolute Gasteiger partial charge is 0.311 e. The largest absolute Gasteiger partial charge is 0.481 e. The van der Waals surface area contributed by atoms with Crippen molar-refractivity contribution in [3.8, 4) is 0 Å². The summed E-state index contributed by atoms with van der Waals surface area (Å²) in [5.41, 5.74) is 3.18. The van der Waals surface area contributed by atoms with Gasteiger partial charge < -0.3 is 10.4 Å². The molecule has 1 aromatic carbocycles. The van der Waals surface area contributed by atoms with Crippen LogP contribution in [0.15, 0.2) is 18.2 Å². The molecule has 1 aliphatic rings. The van der Waals surface area contributed by atoms with Gasteiger partial charge in [-0.25, -0.2) is 0 Å². The number of fused-ring (bicyclic) bond motifs is 1. The molecule has 0 bridgehead atoms. The molecule has 1 heterocycles. The van der Waals surface area contributed by atoms with Gasteiger partial charge in [-0.2, -0.15) is 0 Å².